The first-order valence-corrected chi connectivity index (χ1v) is 9.48. The Morgan fingerprint density at radius 1 is 0.960 bits per heavy atom. The number of nitrogens with one attached hydrogen (secondary N) is 2. The molecule has 0 saturated heterocycles. The van der Waals surface area contributed by atoms with Gasteiger partial charge in [-0.2, -0.15) is 5.10 Å². The van der Waals surface area contributed by atoms with Crippen molar-refractivity contribution in [2.24, 2.45) is 0 Å². The second kappa shape index (κ2) is 6.37. The van der Waals surface area contributed by atoms with Gasteiger partial charge in [0, 0.05) is 6.07 Å². The van der Waals surface area contributed by atoms with Gasteiger partial charge in [-0.1, -0.05) is 63.2 Å². The van der Waals surface area contributed by atoms with Crippen LogP contribution in [0.4, 0.5) is 5.82 Å². The SMILES string of the molecule is CC(C)(C)c1ccc(-c2cc(NS(=O)(=O)c3ccccc3)n[nH]2)cc1. The molecule has 5 nitrogen and oxygen atoms in total. The van der Waals surface area contributed by atoms with E-state index in [2.05, 4.69) is 47.8 Å². The summed E-state index contributed by atoms with van der Waals surface area (Å²) in [5, 5.41) is 6.94. The van der Waals surface area contributed by atoms with Crippen molar-refractivity contribution in [1.29, 1.82) is 0 Å². The zero-order valence-electron chi connectivity index (χ0n) is 14.4. The van der Waals surface area contributed by atoms with E-state index in [9.17, 15) is 8.42 Å². The summed E-state index contributed by atoms with van der Waals surface area (Å²) in [4.78, 5) is 0.203. The van der Waals surface area contributed by atoms with E-state index in [1.807, 2.05) is 12.1 Å². The molecule has 2 N–H and O–H groups in total. The van der Waals surface area contributed by atoms with E-state index in [0.29, 0.717) is 0 Å². The molecule has 3 rings (SSSR count). The van der Waals surface area contributed by atoms with Crippen LogP contribution in [0.25, 0.3) is 11.3 Å². The van der Waals surface area contributed by atoms with Crippen molar-refractivity contribution >= 4 is 15.8 Å². The Hall–Kier alpha value is -2.60. The molecule has 0 radical (unpaired) electrons. The van der Waals surface area contributed by atoms with Gasteiger partial charge in [0.1, 0.15) is 0 Å². The number of rotatable bonds is 4. The average molecular weight is 355 g/mol. The van der Waals surface area contributed by atoms with Crippen molar-refractivity contribution in [3.05, 3.63) is 66.2 Å². The molecule has 0 fully saturated rings. The quantitative estimate of drug-likeness (QED) is 0.737. The summed E-state index contributed by atoms with van der Waals surface area (Å²) in [6.45, 7) is 6.48. The molecule has 1 heterocycles. The molecule has 0 saturated carbocycles. The van der Waals surface area contributed by atoms with Crippen LogP contribution in [0.15, 0.2) is 65.6 Å². The van der Waals surface area contributed by atoms with Crippen molar-refractivity contribution in [2.75, 3.05) is 4.72 Å². The largest absolute Gasteiger partial charge is 0.276 e. The van der Waals surface area contributed by atoms with Crippen molar-refractivity contribution in [3.63, 3.8) is 0 Å². The van der Waals surface area contributed by atoms with Crippen molar-refractivity contribution in [1.82, 2.24) is 10.2 Å². The predicted molar refractivity (Wildman–Crippen MR) is 100.0 cm³/mol. The Morgan fingerprint density at radius 3 is 2.20 bits per heavy atom. The third-order valence-corrected chi connectivity index (χ3v) is 5.30. The second-order valence-electron chi connectivity index (χ2n) is 6.91. The van der Waals surface area contributed by atoms with Crippen LogP contribution >= 0.6 is 0 Å². The third-order valence-electron chi connectivity index (χ3n) is 3.93. The lowest BCUT2D eigenvalue weighted by Crippen LogP contribution is -2.12. The fourth-order valence-corrected chi connectivity index (χ4v) is 3.48. The summed E-state index contributed by atoms with van der Waals surface area (Å²) in [7, 11) is -3.64. The highest BCUT2D eigenvalue weighted by molar-refractivity contribution is 7.92. The number of aromatic nitrogens is 2. The first kappa shape index (κ1) is 17.2. The third kappa shape index (κ3) is 3.91. The van der Waals surface area contributed by atoms with Crippen LogP contribution in [-0.4, -0.2) is 18.6 Å². The molecule has 0 unspecified atom stereocenters. The van der Waals surface area contributed by atoms with Crippen LogP contribution in [0.2, 0.25) is 0 Å². The van der Waals surface area contributed by atoms with Gasteiger partial charge in [0.15, 0.2) is 5.82 Å². The molecule has 6 heteroatoms. The lowest BCUT2D eigenvalue weighted by molar-refractivity contribution is 0.590. The molecule has 1 aromatic heterocycles. The number of hydrogen-bond acceptors (Lipinski definition) is 3. The molecule has 0 aliphatic carbocycles. The highest BCUT2D eigenvalue weighted by Crippen LogP contribution is 2.26. The van der Waals surface area contributed by atoms with Gasteiger partial charge in [0.25, 0.3) is 10.0 Å². The fraction of sp³-hybridized carbons (Fsp3) is 0.211. The average Bonchev–Trinajstić information content (AvgIpc) is 3.03. The Balaban J connectivity index is 1.81. The van der Waals surface area contributed by atoms with Crippen LogP contribution in [0.1, 0.15) is 26.3 Å². The van der Waals surface area contributed by atoms with E-state index in [1.54, 1.807) is 36.4 Å². The number of aromatic amines is 1. The van der Waals surface area contributed by atoms with E-state index in [1.165, 1.54) is 5.56 Å². The highest BCUT2D eigenvalue weighted by atomic mass is 32.2. The minimum atomic E-state index is -3.64. The van der Waals surface area contributed by atoms with E-state index in [0.717, 1.165) is 11.3 Å². The first-order valence-electron chi connectivity index (χ1n) is 8.00. The molecular weight excluding hydrogens is 334 g/mol. The number of nitrogens with zero attached hydrogens (tertiary/aromatic N) is 1. The standard InChI is InChI=1S/C19H21N3O2S/c1-19(2,3)15-11-9-14(10-12-15)17-13-18(21-20-17)22-25(23,24)16-7-5-4-6-8-16/h4-13H,1-3H3,(H2,20,21,22). The minimum absolute atomic E-state index is 0.0863. The summed E-state index contributed by atoms with van der Waals surface area (Å²) in [5.41, 5.74) is 3.03. The smallest absolute Gasteiger partial charge is 0.263 e. The molecule has 25 heavy (non-hydrogen) atoms. The maximum atomic E-state index is 12.3. The van der Waals surface area contributed by atoms with Crippen LogP contribution in [0.5, 0.6) is 0 Å². The zero-order chi connectivity index (χ0) is 18.1. The Kier molecular flexibility index (Phi) is 4.39. The van der Waals surface area contributed by atoms with E-state index >= 15 is 0 Å². The normalized spacial score (nSPS) is 12.1. The van der Waals surface area contributed by atoms with Gasteiger partial charge < -0.3 is 0 Å². The molecule has 0 spiro atoms. The van der Waals surface area contributed by atoms with Gasteiger partial charge in [-0.25, -0.2) is 8.42 Å². The van der Waals surface area contributed by atoms with Gasteiger partial charge in [0.2, 0.25) is 0 Å². The topological polar surface area (TPSA) is 74.8 Å². The fourth-order valence-electron chi connectivity index (χ4n) is 2.47. The van der Waals surface area contributed by atoms with Gasteiger partial charge in [-0.05, 0) is 28.7 Å². The molecule has 0 amide bonds. The molecule has 2 aromatic carbocycles. The van der Waals surface area contributed by atoms with Gasteiger partial charge in [-0.15, -0.1) is 0 Å². The van der Waals surface area contributed by atoms with E-state index in [-0.39, 0.29) is 16.1 Å². The summed E-state index contributed by atoms with van der Waals surface area (Å²) in [6.07, 6.45) is 0. The van der Waals surface area contributed by atoms with Crippen molar-refractivity contribution in [3.8, 4) is 11.3 Å². The maximum absolute atomic E-state index is 12.3. The van der Waals surface area contributed by atoms with Crippen LogP contribution in [-0.2, 0) is 15.4 Å². The summed E-state index contributed by atoms with van der Waals surface area (Å²) in [6, 6.07) is 18.1. The number of hydrogen-bond donors (Lipinski definition) is 2. The number of sulfonamides is 1. The molecule has 0 aliphatic heterocycles. The van der Waals surface area contributed by atoms with Crippen LogP contribution in [0.3, 0.4) is 0 Å². The zero-order valence-corrected chi connectivity index (χ0v) is 15.3. The monoisotopic (exact) mass is 355 g/mol. The maximum Gasteiger partial charge on any atom is 0.263 e. The van der Waals surface area contributed by atoms with E-state index < -0.39 is 10.0 Å². The lowest BCUT2D eigenvalue weighted by Gasteiger charge is -2.18. The lowest BCUT2D eigenvalue weighted by atomic mass is 9.86. The van der Waals surface area contributed by atoms with Crippen molar-refractivity contribution in [2.45, 2.75) is 31.1 Å². The van der Waals surface area contributed by atoms with Gasteiger partial charge in [-0.3, -0.25) is 9.82 Å². The summed E-state index contributed by atoms with van der Waals surface area (Å²) < 4.78 is 27.2. The number of H-pyrrole nitrogens is 1. The van der Waals surface area contributed by atoms with Gasteiger partial charge in [0.05, 0.1) is 10.6 Å². The Labute approximate surface area is 148 Å². The minimum Gasteiger partial charge on any atom is -0.276 e. The summed E-state index contributed by atoms with van der Waals surface area (Å²) >= 11 is 0. The summed E-state index contributed by atoms with van der Waals surface area (Å²) in [5.74, 6) is 0.263. The van der Waals surface area contributed by atoms with E-state index in [4.69, 9.17) is 0 Å². The molecule has 0 aliphatic rings. The van der Waals surface area contributed by atoms with Crippen molar-refractivity contribution < 1.29 is 8.42 Å². The molecule has 0 bridgehead atoms. The Bertz CT molecular complexity index is 954. The molecular formula is C19H21N3O2S. The van der Waals surface area contributed by atoms with Crippen LogP contribution < -0.4 is 4.72 Å². The molecule has 3 aromatic rings. The number of anilines is 1. The second-order valence-corrected chi connectivity index (χ2v) is 8.60. The molecule has 130 valence electrons. The predicted octanol–water partition coefficient (Wildman–Crippen LogP) is 4.18. The first-order chi connectivity index (χ1) is 11.8. The molecule has 0 atom stereocenters. The van der Waals surface area contributed by atoms with Crippen LogP contribution in [0, 0.1) is 0 Å². The van der Waals surface area contributed by atoms with Gasteiger partial charge >= 0.3 is 0 Å². The highest BCUT2D eigenvalue weighted by Gasteiger charge is 2.16. The number of benzene rings is 2. The Morgan fingerprint density at radius 2 is 1.60 bits per heavy atom.